The van der Waals surface area contributed by atoms with Gasteiger partial charge in [-0.1, -0.05) is 13.8 Å². The fourth-order valence-electron chi connectivity index (χ4n) is 2.67. The monoisotopic (exact) mass is 226 g/mol. The van der Waals surface area contributed by atoms with E-state index < -0.39 is 0 Å². The molecule has 1 fully saturated rings. The Morgan fingerprint density at radius 3 is 1.94 bits per heavy atom. The van der Waals surface area contributed by atoms with E-state index in [1.807, 2.05) is 0 Å². The molecule has 1 aliphatic rings. The Kier molecular flexibility index (Phi) is 4.42. The van der Waals surface area contributed by atoms with Crippen molar-refractivity contribution in [2.45, 2.75) is 66.1 Å². The number of piperazine rings is 1. The number of hydrogen-bond donors (Lipinski definition) is 0. The Labute approximate surface area is 102 Å². The third-order valence-electron chi connectivity index (χ3n) is 3.84. The van der Waals surface area contributed by atoms with Crippen LogP contribution < -0.4 is 0 Å². The van der Waals surface area contributed by atoms with Crippen LogP contribution in [0.25, 0.3) is 0 Å². The molecule has 2 heteroatoms. The molecular weight excluding hydrogens is 196 g/mol. The highest BCUT2D eigenvalue weighted by atomic mass is 15.3. The minimum absolute atomic E-state index is 0.316. The van der Waals surface area contributed by atoms with Crippen molar-refractivity contribution in [3.8, 4) is 0 Å². The van der Waals surface area contributed by atoms with Crippen molar-refractivity contribution in [1.29, 1.82) is 0 Å². The summed E-state index contributed by atoms with van der Waals surface area (Å²) < 4.78 is 0. The average molecular weight is 226 g/mol. The van der Waals surface area contributed by atoms with Crippen molar-refractivity contribution in [2.75, 3.05) is 19.6 Å². The van der Waals surface area contributed by atoms with Crippen molar-refractivity contribution < 1.29 is 0 Å². The molecule has 1 saturated heterocycles. The van der Waals surface area contributed by atoms with Gasteiger partial charge in [0.1, 0.15) is 0 Å². The van der Waals surface area contributed by atoms with Gasteiger partial charge < -0.3 is 0 Å². The van der Waals surface area contributed by atoms with Gasteiger partial charge in [0.05, 0.1) is 0 Å². The molecule has 1 atom stereocenters. The van der Waals surface area contributed by atoms with Gasteiger partial charge in [-0.3, -0.25) is 9.80 Å². The van der Waals surface area contributed by atoms with E-state index in [0.29, 0.717) is 17.6 Å². The van der Waals surface area contributed by atoms with E-state index in [0.717, 1.165) is 5.92 Å². The Bertz CT molecular complexity index is 215. The van der Waals surface area contributed by atoms with Crippen molar-refractivity contribution in [3.63, 3.8) is 0 Å². The lowest BCUT2D eigenvalue weighted by Gasteiger charge is -2.49. The molecule has 0 aliphatic carbocycles. The van der Waals surface area contributed by atoms with Crippen LogP contribution in [0.5, 0.6) is 0 Å². The van der Waals surface area contributed by atoms with Gasteiger partial charge in [0.2, 0.25) is 0 Å². The smallest absolute Gasteiger partial charge is 0.0249 e. The largest absolute Gasteiger partial charge is 0.296 e. The summed E-state index contributed by atoms with van der Waals surface area (Å²) >= 11 is 0. The molecule has 96 valence electrons. The molecule has 16 heavy (non-hydrogen) atoms. The molecule has 0 aromatic rings. The fraction of sp³-hybridized carbons (Fsp3) is 1.00. The molecule has 1 rings (SSSR count). The van der Waals surface area contributed by atoms with Crippen LogP contribution in [-0.2, 0) is 0 Å². The van der Waals surface area contributed by atoms with E-state index in [9.17, 15) is 0 Å². The first kappa shape index (κ1) is 14.0. The van der Waals surface area contributed by atoms with Gasteiger partial charge in [0.15, 0.2) is 0 Å². The van der Waals surface area contributed by atoms with Crippen LogP contribution in [0.3, 0.4) is 0 Å². The second-order valence-electron chi connectivity index (χ2n) is 6.76. The van der Waals surface area contributed by atoms with Crippen LogP contribution in [0.4, 0.5) is 0 Å². The first-order valence-corrected chi connectivity index (χ1v) is 6.74. The van der Waals surface area contributed by atoms with Gasteiger partial charge in [-0.05, 0) is 40.5 Å². The molecule has 2 nitrogen and oxygen atoms in total. The highest BCUT2D eigenvalue weighted by Crippen LogP contribution is 2.24. The summed E-state index contributed by atoms with van der Waals surface area (Å²) in [5, 5.41) is 0. The van der Waals surface area contributed by atoms with Crippen molar-refractivity contribution in [3.05, 3.63) is 0 Å². The predicted octanol–water partition coefficient (Wildman–Crippen LogP) is 2.84. The molecule has 1 unspecified atom stereocenters. The van der Waals surface area contributed by atoms with E-state index in [-0.39, 0.29) is 0 Å². The molecule has 0 bridgehead atoms. The molecule has 0 radical (unpaired) electrons. The van der Waals surface area contributed by atoms with Gasteiger partial charge in [0, 0.05) is 37.3 Å². The van der Waals surface area contributed by atoms with Crippen LogP contribution in [0, 0.1) is 5.92 Å². The molecule has 1 heterocycles. The van der Waals surface area contributed by atoms with Crippen LogP contribution in [0.15, 0.2) is 0 Å². The molecule has 1 aliphatic heterocycles. The minimum Gasteiger partial charge on any atom is -0.296 e. The fourth-order valence-corrected chi connectivity index (χ4v) is 2.67. The van der Waals surface area contributed by atoms with Gasteiger partial charge in [-0.2, -0.15) is 0 Å². The first-order chi connectivity index (χ1) is 7.23. The average Bonchev–Trinajstić information content (AvgIpc) is 2.15. The molecule has 0 spiro atoms. The zero-order valence-electron chi connectivity index (χ0n) is 12.2. The van der Waals surface area contributed by atoms with Crippen LogP contribution in [0.1, 0.15) is 48.5 Å². The Morgan fingerprint density at radius 2 is 1.56 bits per heavy atom. The lowest BCUT2D eigenvalue weighted by Crippen LogP contribution is -2.61. The van der Waals surface area contributed by atoms with E-state index >= 15 is 0 Å². The summed E-state index contributed by atoms with van der Waals surface area (Å²) in [6, 6.07) is 1.39. The van der Waals surface area contributed by atoms with Crippen molar-refractivity contribution in [2.24, 2.45) is 5.92 Å². The third kappa shape index (κ3) is 3.21. The van der Waals surface area contributed by atoms with Crippen LogP contribution >= 0.6 is 0 Å². The lowest BCUT2D eigenvalue weighted by atomic mass is 9.94. The van der Waals surface area contributed by atoms with E-state index in [1.165, 1.54) is 19.6 Å². The Hall–Kier alpha value is -0.0800. The minimum atomic E-state index is 0.316. The summed E-state index contributed by atoms with van der Waals surface area (Å²) in [7, 11) is 0. The summed E-state index contributed by atoms with van der Waals surface area (Å²) in [4.78, 5) is 5.31. The summed E-state index contributed by atoms with van der Waals surface area (Å²) in [5.41, 5.74) is 0.316. The molecule has 0 N–H and O–H groups in total. The van der Waals surface area contributed by atoms with Crippen LogP contribution in [0.2, 0.25) is 0 Å². The second kappa shape index (κ2) is 5.05. The van der Waals surface area contributed by atoms with E-state index in [1.54, 1.807) is 0 Å². The molecule has 0 aromatic heterocycles. The Morgan fingerprint density at radius 1 is 1.00 bits per heavy atom. The van der Waals surface area contributed by atoms with Crippen molar-refractivity contribution >= 4 is 0 Å². The maximum absolute atomic E-state index is 2.67. The number of hydrogen-bond acceptors (Lipinski definition) is 2. The number of nitrogens with zero attached hydrogens (tertiary/aromatic N) is 2. The maximum Gasteiger partial charge on any atom is 0.0249 e. The number of rotatable bonds is 2. The predicted molar refractivity (Wildman–Crippen MR) is 71.8 cm³/mol. The molecule has 0 aromatic carbocycles. The topological polar surface area (TPSA) is 6.48 Å². The summed E-state index contributed by atoms with van der Waals surface area (Å²) in [6.07, 6.45) is 0. The third-order valence-corrected chi connectivity index (χ3v) is 3.84. The van der Waals surface area contributed by atoms with Crippen molar-refractivity contribution in [1.82, 2.24) is 9.80 Å². The molecular formula is C14H30N2. The zero-order valence-corrected chi connectivity index (χ0v) is 12.2. The highest BCUT2D eigenvalue weighted by molar-refractivity contribution is 4.90. The van der Waals surface area contributed by atoms with Crippen LogP contribution in [-0.4, -0.2) is 47.1 Å². The quantitative estimate of drug-likeness (QED) is 0.714. The SMILES string of the molecule is CC(C)C1CN(C(C)(C)C)CCN1C(C)C. The van der Waals surface area contributed by atoms with E-state index in [2.05, 4.69) is 58.3 Å². The van der Waals surface area contributed by atoms with Gasteiger partial charge >= 0.3 is 0 Å². The standard InChI is InChI=1S/C14H30N2/c1-11(2)13-10-15(14(5,6)7)8-9-16(13)12(3)4/h11-13H,8-10H2,1-7H3. The first-order valence-electron chi connectivity index (χ1n) is 6.74. The molecule has 0 amide bonds. The zero-order chi connectivity index (χ0) is 12.5. The highest BCUT2D eigenvalue weighted by Gasteiger charge is 2.34. The summed E-state index contributed by atoms with van der Waals surface area (Å²) in [5.74, 6) is 0.743. The lowest BCUT2D eigenvalue weighted by molar-refractivity contribution is -0.00977. The van der Waals surface area contributed by atoms with Gasteiger partial charge in [0.25, 0.3) is 0 Å². The van der Waals surface area contributed by atoms with Gasteiger partial charge in [-0.15, -0.1) is 0 Å². The Balaban J connectivity index is 2.73. The molecule has 0 saturated carbocycles. The normalized spacial score (nSPS) is 25.7. The maximum atomic E-state index is 2.67. The summed E-state index contributed by atoms with van der Waals surface area (Å²) in [6.45, 7) is 20.0. The second-order valence-corrected chi connectivity index (χ2v) is 6.76. The van der Waals surface area contributed by atoms with E-state index in [4.69, 9.17) is 0 Å². The van der Waals surface area contributed by atoms with Gasteiger partial charge in [-0.25, -0.2) is 0 Å².